The van der Waals surface area contributed by atoms with Gasteiger partial charge in [0.05, 0.1) is 10.7 Å². The molecule has 0 saturated carbocycles. The van der Waals surface area contributed by atoms with Crippen LogP contribution in [0.25, 0.3) is 0 Å². The van der Waals surface area contributed by atoms with E-state index in [0.717, 1.165) is 4.68 Å². The minimum atomic E-state index is -2.75. The molecule has 1 amide bonds. The van der Waals surface area contributed by atoms with Gasteiger partial charge in [-0.3, -0.25) is 9.48 Å². The molecular weight excluding hydrogens is 272 g/mol. The molecule has 1 rings (SSSR count). The van der Waals surface area contributed by atoms with E-state index in [1.807, 2.05) is 0 Å². The maximum atomic E-state index is 12.5. The molecule has 0 aliphatic heterocycles. The van der Waals surface area contributed by atoms with E-state index in [4.69, 9.17) is 11.6 Å². The summed E-state index contributed by atoms with van der Waals surface area (Å²) < 4.78 is 26.1. The van der Waals surface area contributed by atoms with Gasteiger partial charge in [-0.05, 0) is 6.92 Å². The van der Waals surface area contributed by atoms with Crippen molar-refractivity contribution in [3.05, 3.63) is 16.4 Å². The molecule has 96 valence electrons. The molecule has 0 fully saturated rings. The molecule has 0 unspecified atom stereocenters. The Bertz CT molecular complexity index is 411. The maximum absolute atomic E-state index is 12.5. The van der Waals surface area contributed by atoms with Crippen molar-refractivity contribution in [1.29, 1.82) is 0 Å². The molecule has 4 nitrogen and oxygen atoms in total. The lowest BCUT2D eigenvalue weighted by atomic mass is 10.4. The fourth-order valence-corrected chi connectivity index (χ4v) is 1.56. The standard InChI is InChI=1S/C9H12ClF2N3OS/c1-5-7(10)8(9(11)12)14-15(5)4-6(16)13-2-3-17/h9,17H,2-4H2,1H3,(H,13,16). The minimum absolute atomic E-state index is 0.0954. The van der Waals surface area contributed by atoms with Gasteiger partial charge < -0.3 is 5.32 Å². The Morgan fingerprint density at radius 1 is 1.65 bits per heavy atom. The Labute approximate surface area is 108 Å². The summed E-state index contributed by atoms with van der Waals surface area (Å²) in [6.45, 7) is 1.82. The molecule has 0 radical (unpaired) electrons. The number of carbonyl (C=O) groups excluding carboxylic acids is 1. The quantitative estimate of drug-likeness (QED) is 0.810. The summed E-state index contributed by atoms with van der Waals surface area (Å²) in [5.41, 5.74) is -0.144. The number of nitrogens with zero attached hydrogens (tertiary/aromatic N) is 2. The van der Waals surface area contributed by atoms with Gasteiger partial charge in [-0.1, -0.05) is 11.6 Å². The van der Waals surface area contributed by atoms with E-state index in [0.29, 0.717) is 18.0 Å². The highest BCUT2D eigenvalue weighted by atomic mass is 35.5. The van der Waals surface area contributed by atoms with Crippen LogP contribution in [0.5, 0.6) is 0 Å². The average molecular weight is 284 g/mol. The summed E-state index contributed by atoms with van der Waals surface area (Å²) in [7, 11) is 0. The summed E-state index contributed by atoms with van der Waals surface area (Å²) in [6.07, 6.45) is -2.75. The SMILES string of the molecule is Cc1c(Cl)c(C(F)F)nn1CC(=O)NCCS. The average Bonchev–Trinajstić information content (AvgIpc) is 2.55. The molecule has 1 heterocycles. The van der Waals surface area contributed by atoms with Crippen molar-refractivity contribution in [2.24, 2.45) is 0 Å². The first-order valence-corrected chi connectivity index (χ1v) is 5.87. The first-order chi connectivity index (χ1) is 7.97. The van der Waals surface area contributed by atoms with Crippen LogP contribution in [0.2, 0.25) is 5.02 Å². The third-order valence-electron chi connectivity index (χ3n) is 2.09. The van der Waals surface area contributed by atoms with Gasteiger partial charge in [0.15, 0.2) is 0 Å². The normalized spacial score (nSPS) is 10.9. The van der Waals surface area contributed by atoms with E-state index in [2.05, 4.69) is 23.0 Å². The highest BCUT2D eigenvalue weighted by molar-refractivity contribution is 7.80. The lowest BCUT2D eigenvalue weighted by Crippen LogP contribution is -2.29. The lowest BCUT2D eigenvalue weighted by Gasteiger charge is -2.05. The smallest absolute Gasteiger partial charge is 0.283 e. The first-order valence-electron chi connectivity index (χ1n) is 4.85. The molecule has 0 bridgehead atoms. The Kier molecular flexibility index (Phi) is 5.20. The molecule has 1 aromatic heterocycles. The third-order valence-corrected chi connectivity index (χ3v) is 2.78. The Morgan fingerprint density at radius 3 is 2.76 bits per heavy atom. The van der Waals surface area contributed by atoms with E-state index in [-0.39, 0.29) is 17.5 Å². The predicted octanol–water partition coefficient (Wildman–Crippen LogP) is 1.83. The number of carbonyl (C=O) groups is 1. The molecule has 0 spiro atoms. The number of aromatic nitrogens is 2. The zero-order valence-corrected chi connectivity index (χ0v) is 10.7. The highest BCUT2D eigenvalue weighted by Gasteiger charge is 2.21. The van der Waals surface area contributed by atoms with Crippen LogP contribution in [0.15, 0.2) is 0 Å². The zero-order chi connectivity index (χ0) is 13.0. The van der Waals surface area contributed by atoms with Crippen LogP contribution in [0.4, 0.5) is 8.78 Å². The molecule has 0 atom stereocenters. The number of thiol groups is 1. The zero-order valence-electron chi connectivity index (χ0n) is 9.08. The van der Waals surface area contributed by atoms with Crippen molar-refractivity contribution in [2.75, 3.05) is 12.3 Å². The molecule has 1 N–H and O–H groups in total. The van der Waals surface area contributed by atoms with Gasteiger partial charge in [0.1, 0.15) is 12.2 Å². The molecule has 0 aliphatic carbocycles. The van der Waals surface area contributed by atoms with Crippen molar-refractivity contribution in [1.82, 2.24) is 15.1 Å². The van der Waals surface area contributed by atoms with Crippen molar-refractivity contribution < 1.29 is 13.6 Å². The van der Waals surface area contributed by atoms with Gasteiger partial charge in [0.2, 0.25) is 5.91 Å². The summed E-state index contributed by atoms with van der Waals surface area (Å²) in [6, 6.07) is 0. The van der Waals surface area contributed by atoms with Crippen LogP contribution in [-0.2, 0) is 11.3 Å². The monoisotopic (exact) mass is 283 g/mol. The highest BCUT2D eigenvalue weighted by Crippen LogP contribution is 2.28. The van der Waals surface area contributed by atoms with Gasteiger partial charge in [-0.25, -0.2) is 8.78 Å². The summed E-state index contributed by atoms with van der Waals surface area (Å²) in [5, 5.41) is 6.08. The maximum Gasteiger partial charge on any atom is 0.283 e. The van der Waals surface area contributed by atoms with E-state index >= 15 is 0 Å². The van der Waals surface area contributed by atoms with Gasteiger partial charge in [0.25, 0.3) is 6.43 Å². The Hall–Kier alpha value is -0.820. The first kappa shape index (κ1) is 14.2. The molecular formula is C9H12ClF2N3OS. The number of rotatable bonds is 5. The molecule has 1 aromatic rings. The lowest BCUT2D eigenvalue weighted by molar-refractivity contribution is -0.121. The van der Waals surface area contributed by atoms with Crippen LogP contribution in [-0.4, -0.2) is 28.0 Å². The van der Waals surface area contributed by atoms with Crippen LogP contribution in [0, 0.1) is 6.92 Å². The van der Waals surface area contributed by atoms with Crippen LogP contribution in [0.1, 0.15) is 17.8 Å². The number of amides is 1. The molecule has 0 aromatic carbocycles. The number of hydrogen-bond acceptors (Lipinski definition) is 3. The summed E-state index contributed by atoms with van der Waals surface area (Å²) in [4.78, 5) is 11.4. The second-order valence-corrected chi connectivity index (χ2v) is 4.14. The van der Waals surface area contributed by atoms with Crippen LogP contribution in [0.3, 0.4) is 0 Å². The van der Waals surface area contributed by atoms with Crippen LogP contribution < -0.4 is 5.32 Å². The van der Waals surface area contributed by atoms with E-state index in [1.165, 1.54) is 6.92 Å². The Balaban J connectivity index is 2.78. The molecule has 0 aliphatic rings. The van der Waals surface area contributed by atoms with E-state index < -0.39 is 12.1 Å². The number of hydrogen-bond donors (Lipinski definition) is 2. The van der Waals surface area contributed by atoms with E-state index in [1.54, 1.807) is 0 Å². The molecule has 0 saturated heterocycles. The number of alkyl halides is 2. The second kappa shape index (κ2) is 6.20. The van der Waals surface area contributed by atoms with Crippen molar-refractivity contribution >= 4 is 30.1 Å². The number of halogens is 3. The van der Waals surface area contributed by atoms with Crippen molar-refractivity contribution in [3.8, 4) is 0 Å². The van der Waals surface area contributed by atoms with Gasteiger partial charge >= 0.3 is 0 Å². The number of nitrogens with one attached hydrogen (secondary N) is 1. The Morgan fingerprint density at radius 2 is 2.29 bits per heavy atom. The van der Waals surface area contributed by atoms with Gasteiger partial charge in [-0.15, -0.1) is 0 Å². The molecule has 8 heteroatoms. The minimum Gasteiger partial charge on any atom is -0.354 e. The van der Waals surface area contributed by atoms with E-state index in [9.17, 15) is 13.6 Å². The summed E-state index contributed by atoms with van der Waals surface area (Å²) >= 11 is 9.62. The predicted molar refractivity (Wildman–Crippen MR) is 63.8 cm³/mol. The topological polar surface area (TPSA) is 46.9 Å². The van der Waals surface area contributed by atoms with Crippen LogP contribution >= 0.6 is 24.2 Å². The van der Waals surface area contributed by atoms with Gasteiger partial charge in [-0.2, -0.15) is 17.7 Å². The van der Waals surface area contributed by atoms with Crippen molar-refractivity contribution in [3.63, 3.8) is 0 Å². The summed E-state index contributed by atoms with van der Waals surface area (Å²) in [5.74, 6) is 0.189. The molecule has 17 heavy (non-hydrogen) atoms. The fourth-order valence-electron chi connectivity index (χ4n) is 1.23. The van der Waals surface area contributed by atoms with Crippen molar-refractivity contribution in [2.45, 2.75) is 19.9 Å². The van der Waals surface area contributed by atoms with Gasteiger partial charge in [0, 0.05) is 12.3 Å². The second-order valence-electron chi connectivity index (χ2n) is 3.32. The largest absolute Gasteiger partial charge is 0.354 e. The fraction of sp³-hybridized carbons (Fsp3) is 0.556. The third kappa shape index (κ3) is 3.57.